The lowest BCUT2D eigenvalue weighted by Gasteiger charge is -2.34. The van der Waals surface area contributed by atoms with Gasteiger partial charge < -0.3 is 19.0 Å². The summed E-state index contributed by atoms with van der Waals surface area (Å²) in [7, 11) is 1.74. The number of nitrogens with zero attached hydrogens (tertiary/aromatic N) is 2. The van der Waals surface area contributed by atoms with Crippen LogP contribution < -0.4 is 5.63 Å². The van der Waals surface area contributed by atoms with E-state index < -0.39 is 5.63 Å². The van der Waals surface area contributed by atoms with Gasteiger partial charge in [-0.2, -0.15) is 0 Å². The largest absolute Gasteiger partial charge is 0.466 e. The highest BCUT2D eigenvalue weighted by atomic mass is 16.5. The average molecular weight is 463 g/mol. The van der Waals surface area contributed by atoms with E-state index in [0.717, 1.165) is 40.5 Å². The quantitative estimate of drug-likeness (QED) is 0.409. The number of esters is 1. The van der Waals surface area contributed by atoms with Gasteiger partial charge in [-0.05, 0) is 49.4 Å². The summed E-state index contributed by atoms with van der Waals surface area (Å²) in [4.78, 5) is 40.8. The molecule has 2 amide bonds. The summed E-state index contributed by atoms with van der Waals surface area (Å²) in [6, 6.07) is 15.0. The van der Waals surface area contributed by atoms with Crippen molar-refractivity contribution in [1.29, 1.82) is 0 Å². The number of aryl methyl sites for hydroxylation is 1. The van der Waals surface area contributed by atoms with Crippen LogP contribution in [-0.2, 0) is 16.1 Å². The number of benzene rings is 2. The number of hydrogen-bond acceptors (Lipinski definition) is 5. The van der Waals surface area contributed by atoms with Gasteiger partial charge in [0.05, 0.1) is 12.5 Å². The molecule has 0 saturated carbocycles. The number of hydrogen-bond donors (Lipinski definition) is 0. The van der Waals surface area contributed by atoms with Crippen LogP contribution in [0, 0.1) is 12.8 Å². The Hall–Kier alpha value is -3.61. The topological polar surface area (TPSA) is 80.1 Å². The molecule has 1 aliphatic heterocycles. The molecule has 1 aromatic heterocycles. The second-order valence-corrected chi connectivity index (χ2v) is 8.80. The van der Waals surface area contributed by atoms with Crippen molar-refractivity contribution in [3.05, 3.63) is 70.1 Å². The Kier molecular flexibility index (Phi) is 7.01. The smallest absolute Gasteiger partial charge is 0.336 e. The molecule has 4 rings (SSSR count). The maximum atomic E-state index is 13.0. The first-order valence-electron chi connectivity index (χ1n) is 11.7. The molecule has 1 aliphatic rings. The molecule has 2 heterocycles. The van der Waals surface area contributed by atoms with Crippen molar-refractivity contribution >= 4 is 23.0 Å². The minimum atomic E-state index is -0.411. The van der Waals surface area contributed by atoms with Crippen molar-refractivity contribution in [2.24, 2.45) is 5.92 Å². The lowest BCUT2D eigenvalue weighted by atomic mass is 9.97. The monoisotopic (exact) mass is 462 g/mol. The number of urea groups is 1. The maximum absolute atomic E-state index is 13.0. The molecule has 0 unspecified atom stereocenters. The van der Waals surface area contributed by atoms with Crippen LogP contribution in [0.5, 0.6) is 0 Å². The van der Waals surface area contributed by atoms with Crippen LogP contribution in [0.4, 0.5) is 4.79 Å². The SMILES string of the molecule is CCOC(=O)[C@@H]1CCCN(C(=O)N(C)Cc2ccc3c(-c4ccccc4C)cc(=O)oc3c2)C1. The zero-order valence-corrected chi connectivity index (χ0v) is 19.9. The zero-order chi connectivity index (χ0) is 24.2. The number of amides is 2. The number of carbonyl (C=O) groups is 2. The van der Waals surface area contributed by atoms with Crippen molar-refractivity contribution in [3.63, 3.8) is 0 Å². The van der Waals surface area contributed by atoms with E-state index in [1.807, 2.05) is 49.4 Å². The van der Waals surface area contributed by atoms with Gasteiger partial charge in [0.25, 0.3) is 0 Å². The molecule has 7 nitrogen and oxygen atoms in total. The van der Waals surface area contributed by atoms with Crippen LogP contribution in [0.15, 0.2) is 57.7 Å². The molecule has 2 aromatic carbocycles. The average Bonchev–Trinajstić information content (AvgIpc) is 2.83. The summed E-state index contributed by atoms with van der Waals surface area (Å²) in [5, 5.41) is 0.847. The fourth-order valence-electron chi connectivity index (χ4n) is 4.59. The van der Waals surface area contributed by atoms with Crippen LogP contribution in [0.1, 0.15) is 30.9 Å². The lowest BCUT2D eigenvalue weighted by molar-refractivity contribution is -0.149. The Bertz CT molecular complexity index is 1270. The summed E-state index contributed by atoms with van der Waals surface area (Å²) in [6.45, 7) is 5.48. The molecule has 1 atom stereocenters. The molecule has 7 heteroatoms. The van der Waals surface area contributed by atoms with Crippen molar-refractivity contribution in [3.8, 4) is 11.1 Å². The van der Waals surface area contributed by atoms with E-state index in [-0.39, 0.29) is 17.9 Å². The Morgan fingerprint density at radius 2 is 1.94 bits per heavy atom. The molecule has 0 N–H and O–H groups in total. The summed E-state index contributed by atoms with van der Waals surface area (Å²) in [5.74, 6) is -0.516. The molecular formula is C27H30N2O5. The zero-order valence-electron chi connectivity index (χ0n) is 19.9. The second-order valence-electron chi connectivity index (χ2n) is 8.80. The molecule has 0 bridgehead atoms. The van der Waals surface area contributed by atoms with Gasteiger partial charge in [-0.15, -0.1) is 0 Å². The molecule has 1 fully saturated rings. The Balaban J connectivity index is 1.53. The van der Waals surface area contributed by atoms with E-state index in [2.05, 4.69) is 0 Å². The van der Waals surface area contributed by atoms with Crippen molar-refractivity contribution in [1.82, 2.24) is 9.80 Å². The van der Waals surface area contributed by atoms with Crippen molar-refractivity contribution < 1.29 is 18.7 Å². The highest BCUT2D eigenvalue weighted by Gasteiger charge is 2.30. The number of likely N-dealkylation sites (tertiary alicyclic amines) is 1. The Morgan fingerprint density at radius 3 is 2.71 bits per heavy atom. The molecule has 0 aliphatic carbocycles. The first kappa shape index (κ1) is 23.5. The fourth-order valence-corrected chi connectivity index (χ4v) is 4.59. The minimum Gasteiger partial charge on any atom is -0.466 e. The molecule has 34 heavy (non-hydrogen) atoms. The van der Waals surface area contributed by atoms with Gasteiger partial charge in [0.1, 0.15) is 5.58 Å². The maximum Gasteiger partial charge on any atom is 0.336 e. The Labute approximate surface area is 198 Å². The molecule has 178 valence electrons. The number of ether oxygens (including phenoxy) is 1. The van der Waals surface area contributed by atoms with E-state index in [1.54, 1.807) is 23.8 Å². The summed E-state index contributed by atoms with van der Waals surface area (Å²) >= 11 is 0. The molecule has 0 spiro atoms. The van der Waals surface area contributed by atoms with Crippen LogP contribution in [0.25, 0.3) is 22.1 Å². The first-order valence-corrected chi connectivity index (χ1v) is 11.7. The van der Waals surface area contributed by atoms with Gasteiger partial charge in [0.15, 0.2) is 0 Å². The minimum absolute atomic E-state index is 0.135. The van der Waals surface area contributed by atoms with Crippen LogP contribution in [0.2, 0.25) is 0 Å². The number of carbonyl (C=O) groups excluding carboxylic acids is 2. The normalized spacial score (nSPS) is 15.9. The summed E-state index contributed by atoms with van der Waals surface area (Å²) < 4.78 is 10.6. The number of piperidine rings is 1. The second kappa shape index (κ2) is 10.1. The lowest BCUT2D eigenvalue weighted by Crippen LogP contribution is -2.47. The van der Waals surface area contributed by atoms with E-state index >= 15 is 0 Å². The van der Waals surface area contributed by atoms with Crippen molar-refractivity contribution in [2.75, 3.05) is 26.7 Å². The van der Waals surface area contributed by atoms with Gasteiger partial charge in [0.2, 0.25) is 0 Å². The number of rotatable bonds is 5. The third-order valence-corrected chi connectivity index (χ3v) is 6.30. The van der Waals surface area contributed by atoms with Gasteiger partial charge in [0, 0.05) is 43.7 Å². The molecule has 0 radical (unpaired) electrons. The van der Waals surface area contributed by atoms with E-state index in [4.69, 9.17) is 9.15 Å². The third-order valence-electron chi connectivity index (χ3n) is 6.30. The van der Waals surface area contributed by atoms with Crippen LogP contribution >= 0.6 is 0 Å². The van der Waals surface area contributed by atoms with Crippen LogP contribution in [-0.4, -0.2) is 48.5 Å². The molecule has 1 saturated heterocycles. The standard InChI is InChI=1S/C27H30N2O5/c1-4-33-26(31)20-9-7-13-29(17-20)27(32)28(3)16-19-11-12-22-23(15-25(30)34-24(22)14-19)21-10-6-5-8-18(21)2/h5-6,8,10-12,14-15,20H,4,7,9,13,16-17H2,1-3H3/t20-/m1/s1. The predicted octanol–water partition coefficient (Wildman–Crippen LogP) is 4.60. The van der Waals surface area contributed by atoms with Gasteiger partial charge >= 0.3 is 17.6 Å². The van der Waals surface area contributed by atoms with Crippen LogP contribution in [0.3, 0.4) is 0 Å². The molecule has 3 aromatic rings. The third kappa shape index (κ3) is 4.98. The first-order chi connectivity index (χ1) is 16.4. The summed E-state index contributed by atoms with van der Waals surface area (Å²) in [5.41, 5.74) is 3.83. The van der Waals surface area contributed by atoms with Crippen molar-refractivity contribution in [2.45, 2.75) is 33.2 Å². The Morgan fingerprint density at radius 1 is 1.15 bits per heavy atom. The molecular weight excluding hydrogens is 432 g/mol. The van der Waals surface area contributed by atoms with Gasteiger partial charge in [-0.3, -0.25) is 4.79 Å². The van der Waals surface area contributed by atoms with E-state index in [1.165, 1.54) is 6.07 Å². The number of fused-ring (bicyclic) bond motifs is 1. The summed E-state index contributed by atoms with van der Waals surface area (Å²) in [6.07, 6.45) is 1.51. The highest BCUT2D eigenvalue weighted by Crippen LogP contribution is 2.30. The predicted molar refractivity (Wildman–Crippen MR) is 130 cm³/mol. The van der Waals surface area contributed by atoms with E-state index in [0.29, 0.717) is 31.8 Å². The van der Waals surface area contributed by atoms with E-state index in [9.17, 15) is 14.4 Å². The highest BCUT2D eigenvalue weighted by molar-refractivity contribution is 5.94. The van der Waals surface area contributed by atoms with Gasteiger partial charge in [-0.25, -0.2) is 9.59 Å². The van der Waals surface area contributed by atoms with Gasteiger partial charge in [-0.1, -0.05) is 36.4 Å². The fraction of sp³-hybridized carbons (Fsp3) is 0.370.